The molecule has 0 aliphatic rings. The molecule has 0 unspecified atom stereocenters. The van der Waals surface area contributed by atoms with Crippen LogP contribution in [0.15, 0.2) is 35.4 Å². The summed E-state index contributed by atoms with van der Waals surface area (Å²) in [6.45, 7) is 2.45. The molecular weight excluding hydrogens is 252 g/mol. The molecule has 17 heavy (non-hydrogen) atoms. The topological polar surface area (TPSA) is 42.0 Å². The van der Waals surface area contributed by atoms with Crippen LogP contribution in [0.5, 0.6) is 0 Å². The third-order valence-electron chi connectivity index (χ3n) is 2.22. The van der Waals surface area contributed by atoms with Crippen LogP contribution in [0.2, 0.25) is 0 Å². The molecule has 3 nitrogen and oxygen atoms in total. The lowest BCUT2D eigenvalue weighted by Crippen LogP contribution is -2.23. The number of aromatic nitrogens is 1. The Balaban J connectivity index is 2.01. The number of thiol groups is 1. The normalized spacial score (nSPS) is 10.2. The molecule has 0 bridgehead atoms. The highest BCUT2D eigenvalue weighted by Gasteiger charge is 2.08. The van der Waals surface area contributed by atoms with Gasteiger partial charge in [-0.2, -0.15) is 0 Å². The molecule has 5 heteroatoms. The third-order valence-corrected chi connectivity index (χ3v) is 3.52. The van der Waals surface area contributed by atoms with Gasteiger partial charge in [0.2, 0.25) is 0 Å². The molecule has 0 radical (unpaired) electrons. The van der Waals surface area contributed by atoms with E-state index in [1.807, 2.05) is 19.1 Å². The van der Waals surface area contributed by atoms with Crippen LogP contribution in [-0.2, 0) is 6.54 Å². The van der Waals surface area contributed by atoms with E-state index < -0.39 is 0 Å². The van der Waals surface area contributed by atoms with Gasteiger partial charge >= 0.3 is 0 Å². The quantitative estimate of drug-likeness (QED) is 0.837. The maximum Gasteiger partial charge on any atom is 0.252 e. The van der Waals surface area contributed by atoms with Gasteiger partial charge in [0.25, 0.3) is 5.91 Å². The molecule has 1 N–H and O–H groups in total. The maximum atomic E-state index is 11.9. The highest BCUT2D eigenvalue weighted by molar-refractivity contribution is 7.80. The number of nitrogens with zero attached hydrogens (tertiary/aromatic N) is 1. The number of amides is 1. The van der Waals surface area contributed by atoms with E-state index >= 15 is 0 Å². The summed E-state index contributed by atoms with van der Waals surface area (Å²) in [6, 6.07) is 7.22. The van der Waals surface area contributed by atoms with Crippen LogP contribution in [0, 0.1) is 6.92 Å². The Labute approximate surface area is 109 Å². The first-order valence-corrected chi connectivity index (χ1v) is 6.40. The maximum absolute atomic E-state index is 11.9. The van der Waals surface area contributed by atoms with Gasteiger partial charge in [0.1, 0.15) is 5.01 Å². The number of carbonyl (C=O) groups is 1. The van der Waals surface area contributed by atoms with Crippen molar-refractivity contribution >= 4 is 29.9 Å². The number of carbonyl (C=O) groups excluding carboxylic acids is 1. The van der Waals surface area contributed by atoms with E-state index in [2.05, 4.69) is 22.9 Å². The van der Waals surface area contributed by atoms with Gasteiger partial charge in [-0.05, 0) is 19.1 Å². The molecule has 2 aromatic rings. The Morgan fingerprint density at radius 1 is 1.47 bits per heavy atom. The van der Waals surface area contributed by atoms with Crippen molar-refractivity contribution in [3.63, 3.8) is 0 Å². The summed E-state index contributed by atoms with van der Waals surface area (Å²) >= 11 is 5.83. The monoisotopic (exact) mass is 264 g/mol. The van der Waals surface area contributed by atoms with Gasteiger partial charge in [-0.25, -0.2) is 4.98 Å². The molecule has 1 aromatic carbocycles. The number of rotatable bonds is 3. The zero-order valence-corrected chi connectivity index (χ0v) is 11.0. The number of hydrogen-bond donors (Lipinski definition) is 2. The molecule has 1 aromatic heterocycles. The SMILES string of the molecule is Cc1cnc(CNC(=O)c2ccccc2S)s1. The predicted molar refractivity (Wildman–Crippen MR) is 71.7 cm³/mol. The van der Waals surface area contributed by atoms with E-state index in [0.29, 0.717) is 17.0 Å². The van der Waals surface area contributed by atoms with Crippen LogP contribution >= 0.6 is 24.0 Å². The zero-order valence-electron chi connectivity index (χ0n) is 9.30. The minimum Gasteiger partial charge on any atom is -0.345 e. The van der Waals surface area contributed by atoms with Crippen LogP contribution < -0.4 is 5.32 Å². The molecule has 0 saturated heterocycles. The molecule has 0 spiro atoms. The average molecular weight is 264 g/mol. The second-order valence-corrected chi connectivity index (χ2v) is 5.37. The van der Waals surface area contributed by atoms with E-state index in [4.69, 9.17) is 0 Å². The van der Waals surface area contributed by atoms with Crippen LogP contribution in [-0.4, -0.2) is 10.9 Å². The molecule has 0 saturated carbocycles. The standard InChI is InChI=1S/C12H12N2OS2/c1-8-6-13-11(17-8)7-14-12(15)9-4-2-3-5-10(9)16/h2-6,16H,7H2,1H3,(H,14,15). The van der Waals surface area contributed by atoms with E-state index in [1.54, 1.807) is 29.7 Å². The molecule has 0 atom stereocenters. The number of thiazole rings is 1. The molecule has 2 rings (SSSR count). The first kappa shape index (κ1) is 12.1. The van der Waals surface area contributed by atoms with Crippen molar-refractivity contribution < 1.29 is 4.79 Å². The van der Waals surface area contributed by atoms with Gasteiger partial charge in [0.15, 0.2) is 0 Å². The first-order chi connectivity index (χ1) is 8.16. The number of benzene rings is 1. The lowest BCUT2D eigenvalue weighted by molar-refractivity contribution is 0.0948. The second kappa shape index (κ2) is 5.33. The van der Waals surface area contributed by atoms with Gasteiger partial charge < -0.3 is 5.32 Å². The Morgan fingerprint density at radius 3 is 2.88 bits per heavy atom. The lowest BCUT2D eigenvalue weighted by Gasteiger charge is -2.05. The van der Waals surface area contributed by atoms with E-state index in [1.165, 1.54) is 0 Å². The highest BCUT2D eigenvalue weighted by Crippen LogP contribution is 2.14. The van der Waals surface area contributed by atoms with Crippen molar-refractivity contribution in [3.8, 4) is 0 Å². The summed E-state index contributed by atoms with van der Waals surface area (Å²) in [5.74, 6) is -0.122. The van der Waals surface area contributed by atoms with Crippen molar-refractivity contribution in [3.05, 3.63) is 45.9 Å². The first-order valence-electron chi connectivity index (χ1n) is 5.14. The minimum absolute atomic E-state index is 0.122. The number of aryl methyl sites for hydroxylation is 1. The molecule has 0 aliphatic heterocycles. The molecule has 0 aliphatic carbocycles. The summed E-state index contributed by atoms with van der Waals surface area (Å²) in [6.07, 6.45) is 1.80. The smallest absolute Gasteiger partial charge is 0.252 e. The fraction of sp³-hybridized carbons (Fsp3) is 0.167. The number of hydrogen-bond acceptors (Lipinski definition) is 4. The summed E-state index contributed by atoms with van der Waals surface area (Å²) < 4.78 is 0. The fourth-order valence-corrected chi connectivity index (χ4v) is 2.39. The van der Waals surface area contributed by atoms with Crippen LogP contribution in [0.4, 0.5) is 0 Å². The Bertz CT molecular complexity index is 537. The van der Waals surface area contributed by atoms with Crippen LogP contribution in [0.1, 0.15) is 20.2 Å². The Morgan fingerprint density at radius 2 is 2.24 bits per heavy atom. The molecule has 1 heterocycles. The van der Waals surface area contributed by atoms with E-state index in [0.717, 1.165) is 9.88 Å². The molecule has 88 valence electrons. The summed E-state index contributed by atoms with van der Waals surface area (Å²) in [5.41, 5.74) is 0.587. The molecule has 0 fully saturated rings. The highest BCUT2D eigenvalue weighted by atomic mass is 32.1. The van der Waals surface area contributed by atoms with Crippen molar-refractivity contribution in [1.29, 1.82) is 0 Å². The van der Waals surface area contributed by atoms with Gasteiger partial charge in [0.05, 0.1) is 12.1 Å². The predicted octanol–water partition coefficient (Wildman–Crippen LogP) is 2.67. The van der Waals surface area contributed by atoms with Crippen molar-refractivity contribution in [1.82, 2.24) is 10.3 Å². The summed E-state index contributed by atoms with van der Waals surface area (Å²) in [7, 11) is 0. The third kappa shape index (κ3) is 3.08. The molecule has 1 amide bonds. The van der Waals surface area contributed by atoms with Gasteiger partial charge in [0, 0.05) is 16.0 Å². The summed E-state index contributed by atoms with van der Waals surface area (Å²) in [4.78, 5) is 17.9. The van der Waals surface area contributed by atoms with Crippen molar-refractivity contribution in [2.75, 3.05) is 0 Å². The van der Waals surface area contributed by atoms with Gasteiger partial charge in [-0.15, -0.1) is 24.0 Å². The summed E-state index contributed by atoms with van der Waals surface area (Å²) in [5, 5.41) is 3.74. The largest absolute Gasteiger partial charge is 0.345 e. The van der Waals surface area contributed by atoms with Crippen LogP contribution in [0.3, 0.4) is 0 Å². The van der Waals surface area contributed by atoms with Crippen LogP contribution in [0.25, 0.3) is 0 Å². The number of nitrogens with one attached hydrogen (secondary N) is 1. The van der Waals surface area contributed by atoms with E-state index in [9.17, 15) is 4.79 Å². The Hall–Kier alpha value is -1.33. The van der Waals surface area contributed by atoms with E-state index in [-0.39, 0.29) is 5.91 Å². The Kier molecular flexibility index (Phi) is 3.81. The van der Waals surface area contributed by atoms with Crippen molar-refractivity contribution in [2.24, 2.45) is 0 Å². The molecular formula is C12H12N2OS2. The zero-order chi connectivity index (χ0) is 12.3. The minimum atomic E-state index is -0.122. The second-order valence-electron chi connectivity index (χ2n) is 3.56. The lowest BCUT2D eigenvalue weighted by atomic mass is 10.2. The van der Waals surface area contributed by atoms with Crippen molar-refractivity contribution in [2.45, 2.75) is 18.4 Å². The van der Waals surface area contributed by atoms with Gasteiger partial charge in [-0.3, -0.25) is 4.79 Å². The average Bonchev–Trinajstić information content (AvgIpc) is 2.73. The fourth-order valence-electron chi connectivity index (χ4n) is 1.40. The van der Waals surface area contributed by atoms with Gasteiger partial charge in [-0.1, -0.05) is 12.1 Å².